The molecule has 0 aliphatic rings. The van der Waals surface area contributed by atoms with E-state index < -0.39 is 10.8 Å². The highest BCUT2D eigenvalue weighted by Crippen LogP contribution is 2.53. The number of methoxy groups -OCH3 is 2. The highest BCUT2D eigenvalue weighted by atomic mass is 31.1. The van der Waals surface area contributed by atoms with E-state index in [0.717, 1.165) is 47.3 Å². The molecule has 0 aliphatic heterocycles. The average molecular weight is 991 g/mol. The lowest BCUT2D eigenvalue weighted by atomic mass is 9.63. The van der Waals surface area contributed by atoms with Gasteiger partial charge in [-0.05, 0) is 103 Å². The molecule has 0 amide bonds. The second-order valence-electron chi connectivity index (χ2n) is 20.7. The maximum Gasteiger partial charge on any atom is 0.188 e. The fraction of sp³-hybridized carbons (Fsp3) is 0.273. The molecule has 0 aliphatic carbocycles. The van der Waals surface area contributed by atoms with Crippen LogP contribution in [0.2, 0.25) is 0 Å². The average Bonchev–Trinajstić information content (AvgIpc) is 3.40. The topological polar surface area (TPSA) is 36.9 Å². The van der Waals surface area contributed by atoms with Crippen molar-refractivity contribution < 1.29 is 18.9 Å². The van der Waals surface area contributed by atoms with Crippen molar-refractivity contribution in [3.63, 3.8) is 0 Å². The summed E-state index contributed by atoms with van der Waals surface area (Å²) in [6, 6.07) is 75.3. The maximum atomic E-state index is 6.87. The van der Waals surface area contributed by atoms with Crippen LogP contribution in [-0.4, -0.2) is 40.1 Å². The molecule has 0 heterocycles. The highest BCUT2D eigenvalue weighted by molar-refractivity contribution is 7.41. The first-order valence-electron chi connectivity index (χ1n) is 25.3. The van der Waals surface area contributed by atoms with Crippen molar-refractivity contribution in [2.45, 2.75) is 75.5 Å². The second-order valence-corrected chi connectivity index (χ2v) is 23.4. The zero-order chi connectivity index (χ0) is 50.6. The number of rotatable bonds is 21. The van der Waals surface area contributed by atoms with E-state index in [-0.39, 0.29) is 24.4 Å². The Kier molecular flexibility index (Phi) is 17.3. The van der Waals surface area contributed by atoms with Gasteiger partial charge in [0.15, 0.2) is 13.6 Å². The Balaban J connectivity index is 1.18. The van der Waals surface area contributed by atoms with E-state index >= 15 is 0 Å². The van der Waals surface area contributed by atoms with Gasteiger partial charge in [-0.3, -0.25) is 0 Å². The molecule has 8 aromatic carbocycles. The zero-order valence-electron chi connectivity index (χ0n) is 43.5. The summed E-state index contributed by atoms with van der Waals surface area (Å²) in [6.45, 7) is 14.2. The SMILES string of the molecule is COCOc1c(CPCCPCc2cc(C(C)(C)C)cc(C(c3ccccc3)(c3ccccc3)c3ccccc3)c2OCOC)cc(C(C)(C)C)cc1C(c1ccccc1)(c1ccccc1)c1ccccc1. The van der Waals surface area contributed by atoms with Gasteiger partial charge in [-0.15, -0.1) is 17.2 Å². The summed E-state index contributed by atoms with van der Waals surface area (Å²) in [5, 5.41) is 0. The van der Waals surface area contributed by atoms with Gasteiger partial charge in [0, 0.05) is 25.3 Å². The summed E-state index contributed by atoms with van der Waals surface area (Å²) in [5.41, 5.74) is 12.8. The van der Waals surface area contributed by atoms with Crippen LogP contribution in [0.25, 0.3) is 0 Å². The molecule has 8 rings (SSSR count). The largest absolute Gasteiger partial charge is 0.467 e. The zero-order valence-corrected chi connectivity index (χ0v) is 45.5. The fourth-order valence-electron chi connectivity index (χ4n) is 10.3. The van der Waals surface area contributed by atoms with Crippen LogP contribution in [-0.2, 0) is 43.5 Å². The van der Waals surface area contributed by atoms with Gasteiger partial charge in [0.1, 0.15) is 11.5 Å². The monoisotopic (exact) mass is 990 g/mol. The van der Waals surface area contributed by atoms with Gasteiger partial charge in [-0.1, -0.05) is 236 Å². The number of benzene rings is 8. The second kappa shape index (κ2) is 23.8. The summed E-state index contributed by atoms with van der Waals surface area (Å²) in [7, 11) is 4.80. The third kappa shape index (κ3) is 11.2. The molecule has 0 bridgehead atoms. The highest BCUT2D eigenvalue weighted by Gasteiger charge is 2.44. The minimum Gasteiger partial charge on any atom is -0.467 e. The molecule has 6 heteroatoms. The lowest BCUT2D eigenvalue weighted by molar-refractivity contribution is 0.0493. The van der Waals surface area contributed by atoms with E-state index in [1.54, 1.807) is 14.2 Å². The Morgan fingerprint density at radius 3 is 0.806 bits per heavy atom. The lowest BCUT2D eigenvalue weighted by Gasteiger charge is -2.39. The van der Waals surface area contributed by atoms with Gasteiger partial charge in [0.05, 0.1) is 10.8 Å². The Labute approximate surface area is 434 Å². The first-order chi connectivity index (χ1) is 34.9. The van der Waals surface area contributed by atoms with Crippen molar-refractivity contribution >= 4 is 17.2 Å². The summed E-state index contributed by atoms with van der Waals surface area (Å²) < 4.78 is 25.2. The molecule has 2 atom stereocenters. The van der Waals surface area contributed by atoms with Gasteiger partial charge in [-0.2, -0.15) is 0 Å². The quantitative estimate of drug-likeness (QED) is 0.0311. The number of hydrogen-bond donors (Lipinski definition) is 0. The van der Waals surface area contributed by atoms with E-state index in [2.05, 4.69) is 248 Å². The van der Waals surface area contributed by atoms with Crippen molar-refractivity contribution in [1.29, 1.82) is 0 Å². The van der Waals surface area contributed by atoms with E-state index in [9.17, 15) is 0 Å². The molecule has 0 aromatic heterocycles. The third-order valence-electron chi connectivity index (χ3n) is 13.9. The Hall–Kier alpha value is -5.86. The molecule has 0 N–H and O–H groups in total. The molecule has 370 valence electrons. The van der Waals surface area contributed by atoms with Crippen LogP contribution in [0.3, 0.4) is 0 Å². The van der Waals surface area contributed by atoms with Crippen LogP contribution in [0.5, 0.6) is 11.5 Å². The number of ether oxygens (including phenoxy) is 4. The van der Waals surface area contributed by atoms with Gasteiger partial charge in [0.25, 0.3) is 0 Å². The minimum atomic E-state index is -0.671. The van der Waals surface area contributed by atoms with Crippen LogP contribution in [0.15, 0.2) is 206 Å². The summed E-state index contributed by atoms with van der Waals surface area (Å²) in [5.74, 6) is 1.81. The Bertz CT molecular complexity index is 2530. The molecule has 4 nitrogen and oxygen atoms in total. The molecule has 0 spiro atoms. The van der Waals surface area contributed by atoms with Crippen LogP contribution < -0.4 is 9.47 Å². The Morgan fingerprint density at radius 2 is 0.583 bits per heavy atom. The molecule has 0 radical (unpaired) electrons. The summed E-state index contributed by atoms with van der Waals surface area (Å²) in [4.78, 5) is 0. The van der Waals surface area contributed by atoms with E-state index in [4.69, 9.17) is 18.9 Å². The molecule has 72 heavy (non-hydrogen) atoms. The smallest absolute Gasteiger partial charge is 0.188 e. The van der Waals surface area contributed by atoms with Gasteiger partial charge < -0.3 is 18.9 Å². The van der Waals surface area contributed by atoms with E-state index in [1.165, 1.54) is 55.6 Å². The van der Waals surface area contributed by atoms with Crippen LogP contribution in [0, 0.1) is 0 Å². The van der Waals surface area contributed by atoms with Gasteiger partial charge in [0.2, 0.25) is 0 Å². The first kappa shape index (κ1) is 52.5. The van der Waals surface area contributed by atoms with Gasteiger partial charge >= 0.3 is 0 Å². The molecular formula is C66H72O4P2. The van der Waals surface area contributed by atoms with Crippen LogP contribution >= 0.6 is 17.2 Å². The van der Waals surface area contributed by atoms with Crippen LogP contribution in [0.1, 0.15) is 108 Å². The summed E-state index contributed by atoms with van der Waals surface area (Å²) >= 11 is 0. The summed E-state index contributed by atoms with van der Waals surface area (Å²) in [6.07, 6.45) is 3.99. The van der Waals surface area contributed by atoms with Gasteiger partial charge in [-0.25, -0.2) is 0 Å². The minimum absolute atomic E-state index is 0.119. The Morgan fingerprint density at radius 1 is 0.333 bits per heavy atom. The van der Waals surface area contributed by atoms with Crippen molar-refractivity contribution in [3.8, 4) is 11.5 Å². The fourth-order valence-corrected chi connectivity index (χ4v) is 13.2. The van der Waals surface area contributed by atoms with Crippen LogP contribution in [0.4, 0.5) is 0 Å². The van der Waals surface area contributed by atoms with Crippen molar-refractivity contribution in [3.05, 3.63) is 273 Å². The van der Waals surface area contributed by atoms with Crippen molar-refractivity contribution in [1.82, 2.24) is 0 Å². The van der Waals surface area contributed by atoms with E-state index in [1.807, 2.05) is 0 Å². The molecule has 0 fully saturated rings. The van der Waals surface area contributed by atoms with E-state index in [0.29, 0.717) is 17.2 Å². The predicted molar refractivity (Wildman–Crippen MR) is 306 cm³/mol. The molecule has 0 saturated heterocycles. The molecule has 8 aromatic rings. The molecule has 0 saturated carbocycles. The molecule has 2 unspecified atom stereocenters. The third-order valence-corrected chi connectivity index (χ3v) is 16.8. The normalized spacial score (nSPS) is 12.5. The number of hydrogen-bond acceptors (Lipinski definition) is 4. The predicted octanol–water partition coefficient (Wildman–Crippen LogP) is 16.1. The maximum absolute atomic E-state index is 6.87. The van der Waals surface area contributed by atoms with Crippen molar-refractivity contribution in [2.75, 3.05) is 40.1 Å². The lowest BCUT2D eigenvalue weighted by Crippen LogP contribution is -2.32. The molecular weight excluding hydrogens is 919 g/mol. The first-order valence-corrected chi connectivity index (χ1v) is 28.1. The standard InChI is InChI=1S/C66H72O4P2/c1-63(2,3)57-41-49(61(69-47-67-7)59(43-57)65(51-27-15-9-16-28-51,52-29-17-10-18-30-52)53-31-19-11-20-32-53)45-71-39-40-72-46-50-42-58(64(4,5)6)44-60(62(50)70-48-68-8)66(54-33-21-12-22-34-54,55-35-23-13-24-36-55)56-37-25-14-26-38-56/h9-38,41-44,71-72H,39-40,45-48H2,1-8H3. The van der Waals surface area contributed by atoms with Crippen molar-refractivity contribution in [2.24, 2.45) is 0 Å².